The van der Waals surface area contributed by atoms with Crippen LogP contribution in [0.2, 0.25) is 0 Å². The highest BCUT2D eigenvalue weighted by molar-refractivity contribution is 4.94. The van der Waals surface area contributed by atoms with Gasteiger partial charge in [0.2, 0.25) is 0 Å². The van der Waals surface area contributed by atoms with Crippen LogP contribution in [0, 0.1) is 5.41 Å². The second-order valence-corrected chi connectivity index (χ2v) is 5.17. The molecular weight excluding hydrogens is 200 g/mol. The first-order chi connectivity index (χ1) is 7.62. The van der Waals surface area contributed by atoms with Gasteiger partial charge in [0, 0.05) is 32.8 Å². The summed E-state index contributed by atoms with van der Waals surface area (Å²) < 4.78 is 5.14. The number of nitrogens with two attached hydrogens (primary N) is 1. The minimum atomic E-state index is 0.275. The highest BCUT2D eigenvalue weighted by Crippen LogP contribution is 2.37. The minimum absolute atomic E-state index is 0.275. The summed E-state index contributed by atoms with van der Waals surface area (Å²) >= 11 is 0. The summed E-state index contributed by atoms with van der Waals surface area (Å²) in [7, 11) is 1.75. The maximum Gasteiger partial charge on any atom is 0.0589 e. The van der Waals surface area contributed by atoms with Gasteiger partial charge >= 0.3 is 0 Å². The highest BCUT2D eigenvalue weighted by atomic mass is 16.5. The number of hydrogen-bond donors (Lipinski definition) is 1. The average Bonchev–Trinajstić information content (AvgIpc) is 2.56. The monoisotopic (exact) mass is 226 g/mol. The molecule has 3 heteroatoms. The number of hydrogen-bond acceptors (Lipinski definition) is 3. The molecule has 0 aliphatic heterocycles. The summed E-state index contributed by atoms with van der Waals surface area (Å²) in [6.07, 6.45) is 5.64. The fraction of sp³-hybridized carbons (Fsp3) is 0.846. The molecule has 0 radical (unpaired) electrons. The smallest absolute Gasteiger partial charge is 0.0589 e. The molecule has 0 amide bonds. The first-order valence-electron chi connectivity index (χ1n) is 6.20. The number of rotatable bonds is 7. The van der Waals surface area contributed by atoms with E-state index in [0.717, 1.165) is 26.2 Å². The molecule has 2 N–H and O–H groups in total. The molecule has 1 rings (SSSR count). The largest absolute Gasteiger partial charge is 0.383 e. The van der Waals surface area contributed by atoms with Gasteiger partial charge in [0.1, 0.15) is 0 Å². The predicted octanol–water partition coefficient (Wildman–Crippen LogP) is 1.64. The van der Waals surface area contributed by atoms with E-state index in [4.69, 9.17) is 10.5 Å². The van der Waals surface area contributed by atoms with Gasteiger partial charge in [-0.1, -0.05) is 19.4 Å². The molecule has 16 heavy (non-hydrogen) atoms. The second-order valence-electron chi connectivity index (χ2n) is 5.17. The SMILES string of the molecule is C=CCN(CCOC)CC1(C)CCCC1N. The summed E-state index contributed by atoms with van der Waals surface area (Å²) in [5.41, 5.74) is 6.48. The van der Waals surface area contributed by atoms with Crippen LogP contribution in [0.5, 0.6) is 0 Å². The van der Waals surface area contributed by atoms with Crippen LogP contribution in [0.15, 0.2) is 12.7 Å². The van der Waals surface area contributed by atoms with Crippen molar-refractivity contribution in [2.45, 2.75) is 32.2 Å². The zero-order valence-electron chi connectivity index (χ0n) is 10.7. The van der Waals surface area contributed by atoms with Gasteiger partial charge in [-0.2, -0.15) is 0 Å². The Balaban J connectivity index is 2.48. The lowest BCUT2D eigenvalue weighted by Gasteiger charge is -2.35. The Morgan fingerprint density at radius 2 is 2.38 bits per heavy atom. The van der Waals surface area contributed by atoms with Crippen molar-refractivity contribution in [3.8, 4) is 0 Å². The molecule has 0 saturated heterocycles. The van der Waals surface area contributed by atoms with Crippen molar-refractivity contribution in [2.24, 2.45) is 11.1 Å². The van der Waals surface area contributed by atoms with Crippen molar-refractivity contribution in [1.82, 2.24) is 4.90 Å². The molecule has 2 atom stereocenters. The van der Waals surface area contributed by atoms with E-state index < -0.39 is 0 Å². The van der Waals surface area contributed by atoms with Crippen molar-refractivity contribution in [1.29, 1.82) is 0 Å². The molecule has 0 heterocycles. The van der Waals surface area contributed by atoms with E-state index in [2.05, 4.69) is 18.4 Å². The van der Waals surface area contributed by atoms with Crippen LogP contribution in [0.1, 0.15) is 26.2 Å². The fourth-order valence-electron chi connectivity index (χ4n) is 2.60. The number of ether oxygens (including phenoxy) is 1. The third kappa shape index (κ3) is 3.58. The van der Waals surface area contributed by atoms with Gasteiger partial charge in [-0.15, -0.1) is 6.58 Å². The quantitative estimate of drug-likeness (QED) is 0.671. The molecule has 94 valence electrons. The summed E-state index contributed by atoms with van der Waals surface area (Å²) in [5, 5.41) is 0. The van der Waals surface area contributed by atoms with Crippen molar-refractivity contribution >= 4 is 0 Å². The minimum Gasteiger partial charge on any atom is -0.383 e. The van der Waals surface area contributed by atoms with Crippen LogP contribution in [0.4, 0.5) is 0 Å². The summed E-state index contributed by atoms with van der Waals surface area (Å²) in [4.78, 5) is 2.39. The van der Waals surface area contributed by atoms with E-state index in [-0.39, 0.29) is 5.41 Å². The van der Waals surface area contributed by atoms with Crippen LogP contribution in [-0.2, 0) is 4.74 Å². The molecule has 0 bridgehead atoms. The number of nitrogens with zero attached hydrogens (tertiary/aromatic N) is 1. The van der Waals surface area contributed by atoms with Crippen molar-refractivity contribution in [3.63, 3.8) is 0 Å². The molecule has 3 nitrogen and oxygen atoms in total. The van der Waals surface area contributed by atoms with Gasteiger partial charge in [0.05, 0.1) is 6.61 Å². The number of methoxy groups -OCH3 is 1. The predicted molar refractivity (Wildman–Crippen MR) is 68.4 cm³/mol. The topological polar surface area (TPSA) is 38.5 Å². The van der Waals surface area contributed by atoms with Gasteiger partial charge in [-0.3, -0.25) is 4.90 Å². The lowest BCUT2D eigenvalue weighted by atomic mass is 9.84. The first-order valence-corrected chi connectivity index (χ1v) is 6.20. The molecule has 0 aromatic rings. The van der Waals surface area contributed by atoms with Crippen molar-refractivity contribution < 1.29 is 4.74 Å². The molecular formula is C13H26N2O. The van der Waals surface area contributed by atoms with E-state index >= 15 is 0 Å². The van der Waals surface area contributed by atoms with Crippen molar-refractivity contribution in [3.05, 3.63) is 12.7 Å². The lowest BCUT2D eigenvalue weighted by molar-refractivity contribution is 0.115. The first kappa shape index (κ1) is 13.7. The molecule has 1 aliphatic rings. The van der Waals surface area contributed by atoms with Gasteiger partial charge in [0.25, 0.3) is 0 Å². The Labute approximate surface area is 99.6 Å². The van der Waals surface area contributed by atoms with Crippen LogP contribution in [0.25, 0.3) is 0 Å². The van der Waals surface area contributed by atoms with E-state index in [1.54, 1.807) is 7.11 Å². The van der Waals surface area contributed by atoms with Gasteiger partial charge < -0.3 is 10.5 Å². The van der Waals surface area contributed by atoms with E-state index in [1.807, 2.05) is 6.08 Å². The van der Waals surface area contributed by atoms with Gasteiger partial charge in [-0.25, -0.2) is 0 Å². The molecule has 0 spiro atoms. The summed E-state index contributed by atoms with van der Waals surface area (Å²) in [6.45, 7) is 9.85. The van der Waals surface area contributed by atoms with Crippen LogP contribution < -0.4 is 5.73 Å². The average molecular weight is 226 g/mol. The maximum atomic E-state index is 6.20. The maximum absolute atomic E-state index is 6.20. The van der Waals surface area contributed by atoms with Gasteiger partial charge in [0.15, 0.2) is 0 Å². The van der Waals surface area contributed by atoms with Crippen LogP contribution in [0.3, 0.4) is 0 Å². The second kappa shape index (κ2) is 6.38. The van der Waals surface area contributed by atoms with Gasteiger partial charge in [-0.05, 0) is 18.3 Å². The molecule has 1 aliphatic carbocycles. The van der Waals surface area contributed by atoms with E-state index in [1.165, 1.54) is 19.3 Å². The third-order valence-corrected chi connectivity index (χ3v) is 3.74. The zero-order chi connectivity index (χ0) is 12.0. The summed E-state index contributed by atoms with van der Waals surface area (Å²) in [5.74, 6) is 0. The van der Waals surface area contributed by atoms with E-state index in [9.17, 15) is 0 Å². The van der Waals surface area contributed by atoms with Crippen molar-refractivity contribution in [2.75, 3.05) is 33.4 Å². The van der Waals surface area contributed by atoms with E-state index in [0.29, 0.717) is 6.04 Å². The van der Waals surface area contributed by atoms with Crippen LogP contribution in [-0.4, -0.2) is 44.3 Å². The Morgan fingerprint density at radius 1 is 1.62 bits per heavy atom. The summed E-state index contributed by atoms with van der Waals surface area (Å²) in [6, 6.07) is 0.349. The molecule has 0 aromatic heterocycles. The Hall–Kier alpha value is -0.380. The normalized spacial score (nSPS) is 29.9. The fourth-order valence-corrected chi connectivity index (χ4v) is 2.60. The Kier molecular flexibility index (Phi) is 5.46. The Bertz CT molecular complexity index is 220. The molecule has 1 fully saturated rings. The highest BCUT2D eigenvalue weighted by Gasteiger charge is 2.37. The zero-order valence-corrected chi connectivity index (χ0v) is 10.7. The molecule has 0 aromatic carbocycles. The molecule has 1 saturated carbocycles. The Morgan fingerprint density at radius 3 is 2.88 bits per heavy atom. The standard InChI is InChI=1S/C13H26N2O/c1-4-8-15(9-10-16-3)11-13(2)7-5-6-12(13)14/h4,12H,1,5-11,14H2,2-3H3. The lowest BCUT2D eigenvalue weighted by Crippen LogP contribution is -2.45. The molecule has 2 unspecified atom stereocenters. The van der Waals surface area contributed by atoms with Crippen LogP contribution >= 0.6 is 0 Å². The third-order valence-electron chi connectivity index (χ3n) is 3.74.